The molecule has 2 aromatic heterocycles. The van der Waals surface area contributed by atoms with E-state index < -0.39 is 0 Å². The summed E-state index contributed by atoms with van der Waals surface area (Å²) in [4.78, 5) is 10.2. The first kappa shape index (κ1) is 11.0. The minimum absolute atomic E-state index is 0.413. The normalized spacial score (nSPS) is 10.4. The maximum absolute atomic E-state index is 5.99. The van der Waals surface area contributed by atoms with Crippen LogP contribution < -0.4 is 4.90 Å². The maximum Gasteiger partial charge on any atom is 0.171 e. The van der Waals surface area contributed by atoms with Crippen molar-refractivity contribution in [1.82, 2.24) is 9.97 Å². The lowest BCUT2D eigenvalue weighted by atomic mass is 10.4. The largest absolute Gasteiger partial charge is 0.467 e. The molecule has 0 amide bonds. The average molecular weight is 238 g/mol. The Bertz CT molecular complexity index is 444. The van der Waals surface area contributed by atoms with Crippen molar-refractivity contribution < 1.29 is 4.42 Å². The van der Waals surface area contributed by atoms with Crippen LogP contribution in [0, 0.1) is 0 Å². The molecule has 84 valence electrons. The minimum atomic E-state index is 0.413. The zero-order valence-electron chi connectivity index (χ0n) is 8.93. The molecule has 0 spiro atoms. The minimum Gasteiger partial charge on any atom is -0.467 e. The zero-order valence-corrected chi connectivity index (χ0v) is 9.68. The van der Waals surface area contributed by atoms with Crippen LogP contribution in [0.5, 0.6) is 0 Å². The van der Waals surface area contributed by atoms with Crippen LogP contribution >= 0.6 is 11.6 Å². The van der Waals surface area contributed by atoms with Gasteiger partial charge in [-0.15, -0.1) is 0 Å². The Kier molecular flexibility index (Phi) is 3.41. The van der Waals surface area contributed by atoms with E-state index in [-0.39, 0.29) is 0 Å². The number of hydrogen-bond donors (Lipinski definition) is 0. The maximum atomic E-state index is 5.99. The Morgan fingerprint density at radius 3 is 2.81 bits per heavy atom. The predicted molar refractivity (Wildman–Crippen MR) is 62.5 cm³/mol. The van der Waals surface area contributed by atoms with Crippen molar-refractivity contribution in [2.45, 2.75) is 13.5 Å². The Balaban J connectivity index is 2.20. The van der Waals surface area contributed by atoms with E-state index >= 15 is 0 Å². The molecule has 0 aliphatic carbocycles. The lowest BCUT2D eigenvalue weighted by molar-refractivity contribution is 0.503. The second-order valence-corrected chi connectivity index (χ2v) is 3.62. The monoisotopic (exact) mass is 237 g/mol. The van der Waals surface area contributed by atoms with Gasteiger partial charge in [0.25, 0.3) is 0 Å². The van der Waals surface area contributed by atoms with E-state index in [4.69, 9.17) is 16.0 Å². The summed E-state index contributed by atoms with van der Waals surface area (Å²) in [6.07, 6.45) is 4.86. The molecular formula is C11H12ClN3O. The van der Waals surface area contributed by atoms with Crippen LogP contribution in [0.15, 0.2) is 35.2 Å². The Hall–Kier alpha value is -1.55. The van der Waals surface area contributed by atoms with Crippen molar-refractivity contribution in [3.05, 3.63) is 41.7 Å². The van der Waals surface area contributed by atoms with Crippen molar-refractivity contribution in [2.24, 2.45) is 0 Å². The van der Waals surface area contributed by atoms with Crippen LogP contribution in [0.4, 0.5) is 5.82 Å². The first-order valence-electron chi connectivity index (χ1n) is 5.05. The molecule has 2 aromatic rings. The molecular weight excluding hydrogens is 226 g/mol. The van der Waals surface area contributed by atoms with Gasteiger partial charge in [0.15, 0.2) is 11.0 Å². The molecule has 0 fully saturated rings. The van der Waals surface area contributed by atoms with Crippen LogP contribution in [0.25, 0.3) is 0 Å². The summed E-state index contributed by atoms with van der Waals surface area (Å²) in [7, 11) is 0. The molecule has 2 rings (SSSR count). The van der Waals surface area contributed by atoms with Gasteiger partial charge in [0.2, 0.25) is 0 Å². The van der Waals surface area contributed by atoms with Gasteiger partial charge < -0.3 is 9.32 Å². The van der Waals surface area contributed by atoms with Crippen molar-refractivity contribution in [1.29, 1.82) is 0 Å². The van der Waals surface area contributed by atoms with E-state index in [1.165, 1.54) is 0 Å². The van der Waals surface area contributed by atoms with Crippen molar-refractivity contribution in [3.63, 3.8) is 0 Å². The standard InChI is InChI=1S/C11H12ClN3O/c1-2-15(8-9-4-3-7-16-9)11-10(12)13-5-6-14-11/h3-7H,2,8H2,1H3. The van der Waals surface area contributed by atoms with E-state index in [0.29, 0.717) is 17.5 Å². The van der Waals surface area contributed by atoms with E-state index in [1.807, 2.05) is 24.0 Å². The van der Waals surface area contributed by atoms with Gasteiger partial charge in [0.05, 0.1) is 12.8 Å². The smallest absolute Gasteiger partial charge is 0.171 e. The lowest BCUT2D eigenvalue weighted by Gasteiger charge is -2.20. The fourth-order valence-electron chi connectivity index (χ4n) is 1.45. The second-order valence-electron chi connectivity index (χ2n) is 3.26. The quantitative estimate of drug-likeness (QED) is 0.820. The Labute approximate surface area is 98.9 Å². The number of hydrogen-bond acceptors (Lipinski definition) is 4. The van der Waals surface area contributed by atoms with Crippen LogP contribution in [0.3, 0.4) is 0 Å². The van der Waals surface area contributed by atoms with Gasteiger partial charge in [0, 0.05) is 18.9 Å². The first-order valence-corrected chi connectivity index (χ1v) is 5.43. The molecule has 0 unspecified atom stereocenters. The highest BCUT2D eigenvalue weighted by molar-refractivity contribution is 6.31. The predicted octanol–water partition coefficient (Wildman–Crippen LogP) is 2.75. The van der Waals surface area contributed by atoms with Crippen LogP contribution in [-0.4, -0.2) is 16.5 Å². The highest BCUT2D eigenvalue weighted by Crippen LogP contribution is 2.21. The Morgan fingerprint density at radius 1 is 1.38 bits per heavy atom. The highest BCUT2D eigenvalue weighted by atomic mass is 35.5. The van der Waals surface area contributed by atoms with E-state index in [0.717, 1.165) is 12.3 Å². The number of nitrogens with zero attached hydrogens (tertiary/aromatic N) is 3. The number of aromatic nitrogens is 2. The molecule has 5 heteroatoms. The van der Waals surface area contributed by atoms with Crippen molar-refractivity contribution in [2.75, 3.05) is 11.4 Å². The summed E-state index contributed by atoms with van der Waals surface area (Å²) in [5, 5.41) is 0.413. The molecule has 4 nitrogen and oxygen atoms in total. The zero-order chi connectivity index (χ0) is 11.4. The van der Waals surface area contributed by atoms with Crippen molar-refractivity contribution >= 4 is 17.4 Å². The molecule has 0 bridgehead atoms. The number of rotatable bonds is 4. The van der Waals surface area contributed by atoms with E-state index in [2.05, 4.69) is 9.97 Å². The topological polar surface area (TPSA) is 42.2 Å². The third-order valence-electron chi connectivity index (χ3n) is 2.24. The third-order valence-corrected chi connectivity index (χ3v) is 2.51. The Morgan fingerprint density at radius 2 is 2.19 bits per heavy atom. The molecule has 0 saturated carbocycles. The first-order chi connectivity index (χ1) is 7.81. The van der Waals surface area contributed by atoms with Gasteiger partial charge >= 0.3 is 0 Å². The molecule has 2 heterocycles. The van der Waals surface area contributed by atoms with Gasteiger partial charge in [-0.2, -0.15) is 0 Å². The molecule has 0 radical (unpaired) electrons. The van der Waals surface area contributed by atoms with E-state index in [1.54, 1.807) is 18.7 Å². The summed E-state index contributed by atoms with van der Waals surface area (Å²) in [6.45, 7) is 3.47. The summed E-state index contributed by atoms with van der Waals surface area (Å²) in [5.74, 6) is 1.56. The summed E-state index contributed by atoms with van der Waals surface area (Å²) < 4.78 is 5.29. The molecule has 0 aromatic carbocycles. The van der Waals surface area contributed by atoms with E-state index in [9.17, 15) is 0 Å². The molecule has 0 aliphatic heterocycles. The van der Waals surface area contributed by atoms with Gasteiger partial charge in [0.1, 0.15) is 5.76 Å². The van der Waals surface area contributed by atoms with Gasteiger partial charge in [-0.1, -0.05) is 11.6 Å². The SMILES string of the molecule is CCN(Cc1ccco1)c1nccnc1Cl. The molecule has 0 saturated heterocycles. The molecule has 0 N–H and O–H groups in total. The number of halogens is 1. The number of furan rings is 1. The van der Waals surface area contributed by atoms with Gasteiger partial charge in [-0.05, 0) is 19.1 Å². The summed E-state index contributed by atoms with van der Waals surface area (Å²) in [6, 6.07) is 3.79. The van der Waals surface area contributed by atoms with Gasteiger partial charge in [-0.25, -0.2) is 9.97 Å². The molecule has 0 atom stereocenters. The van der Waals surface area contributed by atoms with Gasteiger partial charge in [-0.3, -0.25) is 0 Å². The number of anilines is 1. The summed E-state index contributed by atoms with van der Waals surface area (Å²) in [5.41, 5.74) is 0. The van der Waals surface area contributed by atoms with Crippen LogP contribution in [0.1, 0.15) is 12.7 Å². The molecule has 0 aliphatic rings. The van der Waals surface area contributed by atoms with Crippen molar-refractivity contribution in [3.8, 4) is 0 Å². The fraction of sp³-hybridized carbons (Fsp3) is 0.273. The fourth-order valence-corrected chi connectivity index (χ4v) is 1.68. The lowest BCUT2D eigenvalue weighted by Crippen LogP contribution is -2.23. The molecule has 16 heavy (non-hydrogen) atoms. The average Bonchev–Trinajstić information content (AvgIpc) is 2.80. The van der Waals surface area contributed by atoms with Crippen LogP contribution in [0.2, 0.25) is 5.15 Å². The summed E-state index contributed by atoms with van der Waals surface area (Å²) >= 11 is 5.99. The second kappa shape index (κ2) is 4.99. The van der Waals surface area contributed by atoms with Crippen LogP contribution in [-0.2, 0) is 6.54 Å². The highest BCUT2D eigenvalue weighted by Gasteiger charge is 2.12. The third kappa shape index (κ3) is 2.33.